The number of rotatable bonds is 12. The lowest BCUT2D eigenvalue weighted by Gasteiger charge is -2.13. The molecule has 0 aliphatic rings. The molecule has 0 amide bonds. The zero-order chi connectivity index (χ0) is 18.7. The summed E-state index contributed by atoms with van der Waals surface area (Å²) in [6, 6.07) is 7.75. The van der Waals surface area contributed by atoms with Crippen molar-refractivity contribution < 1.29 is 14.3 Å². The molecule has 0 aromatic heterocycles. The van der Waals surface area contributed by atoms with Gasteiger partial charge < -0.3 is 9.47 Å². The van der Waals surface area contributed by atoms with Crippen LogP contribution in [0.5, 0.6) is 5.75 Å². The van der Waals surface area contributed by atoms with Gasteiger partial charge in [-0.3, -0.25) is 0 Å². The number of esters is 1. The molecule has 0 radical (unpaired) electrons. The summed E-state index contributed by atoms with van der Waals surface area (Å²) in [5.74, 6) is 0.0688. The van der Waals surface area contributed by atoms with Crippen LogP contribution in [0.1, 0.15) is 51.5 Å². The molecule has 0 fully saturated rings. The largest absolute Gasteiger partial charge is 0.460 e. The van der Waals surface area contributed by atoms with Gasteiger partial charge in [-0.15, -0.1) is 0 Å². The first-order valence-corrected chi connectivity index (χ1v) is 10.7. The Morgan fingerprint density at radius 1 is 1.08 bits per heavy atom. The third kappa shape index (κ3) is 9.45. The van der Waals surface area contributed by atoms with Crippen LogP contribution >= 0.6 is 31.9 Å². The van der Waals surface area contributed by atoms with Crippen LogP contribution in [-0.2, 0) is 16.0 Å². The summed E-state index contributed by atoms with van der Waals surface area (Å²) in [4.78, 5) is 12.6. The quantitative estimate of drug-likeness (QED) is 0.156. The molecule has 5 heteroatoms. The standard InChI is InChI=1S/C20H28Br2O3/c1-4-7-17(21)8-6-9-18(22)14-16-10-12-19(13-11-16)25-15(3)20(23)24-5-2/h10-13,17-18H,3-9,14H2,1-2H3. The van der Waals surface area contributed by atoms with Crippen LogP contribution in [0.2, 0.25) is 0 Å². The molecule has 2 atom stereocenters. The molecular formula is C20H28Br2O3. The maximum atomic E-state index is 11.5. The number of benzene rings is 1. The predicted octanol–water partition coefficient (Wildman–Crippen LogP) is 6.18. The Labute approximate surface area is 168 Å². The number of halogens is 2. The second-order valence-corrected chi connectivity index (χ2v) is 8.60. The minimum absolute atomic E-state index is 0.00405. The molecule has 3 nitrogen and oxygen atoms in total. The van der Waals surface area contributed by atoms with Crippen molar-refractivity contribution in [2.45, 2.75) is 62.0 Å². The molecule has 0 N–H and O–H groups in total. The summed E-state index contributed by atoms with van der Waals surface area (Å²) < 4.78 is 10.3. The van der Waals surface area contributed by atoms with Gasteiger partial charge in [-0.25, -0.2) is 4.79 Å². The third-order valence-electron chi connectivity index (χ3n) is 3.76. The fourth-order valence-electron chi connectivity index (χ4n) is 2.47. The van der Waals surface area contributed by atoms with Crippen LogP contribution in [0.3, 0.4) is 0 Å². The van der Waals surface area contributed by atoms with Gasteiger partial charge in [-0.05, 0) is 56.9 Å². The van der Waals surface area contributed by atoms with Gasteiger partial charge in [0.1, 0.15) is 5.75 Å². The molecule has 0 spiro atoms. The van der Waals surface area contributed by atoms with Crippen molar-refractivity contribution in [2.75, 3.05) is 6.61 Å². The van der Waals surface area contributed by atoms with Crippen molar-refractivity contribution >= 4 is 37.8 Å². The molecule has 0 aliphatic carbocycles. The smallest absolute Gasteiger partial charge is 0.373 e. The highest BCUT2D eigenvalue weighted by atomic mass is 79.9. The van der Waals surface area contributed by atoms with E-state index in [1.54, 1.807) is 6.92 Å². The van der Waals surface area contributed by atoms with E-state index in [4.69, 9.17) is 9.47 Å². The fourth-order valence-corrected chi connectivity index (χ4v) is 3.94. The van der Waals surface area contributed by atoms with E-state index in [-0.39, 0.29) is 5.76 Å². The highest BCUT2D eigenvalue weighted by molar-refractivity contribution is 9.09. The van der Waals surface area contributed by atoms with Crippen molar-refractivity contribution in [1.82, 2.24) is 0 Å². The first kappa shape index (κ1) is 22.2. The van der Waals surface area contributed by atoms with Gasteiger partial charge in [0.05, 0.1) is 6.61 Å². The molecular weight excluding hydrogens is 448 g/mol. The highest BCUT2D eigenvalue weighted by Gasteiger charge is 2.11. The van der Waals surface area contributed by atoms with E-state index in [9.17, 15) is 4.79 Å². The molecule has 1 rings (SSSR count). The normalized spacial score (nSPS) is 13.1. The van der Waals surface area contributed by atoms with Gasteiger partial charge in [-0.1, -0.05) is 63.8 Å². The Morgan fingerprint density at radius 3 is 2.32 bits per heavy atom. The second kappa shape index (κ2) is 12.5. The summed E-state index contributed by atoms with van der Waals surface area (Å²) in [5.41, 5.74) is 1.24. The topological polar surface area (TPSA) is 35.5 Å². The Morgan fingerprint density at radius 2 is 1.72 bits per heavy atom. The van der Waals surface area contributed by atoms with E-state index in [0.717, 1.165) is 12.8 Å². The average molecular weight is 476 g/mol. The lowest BCUT2D eigenvalue weighted by Crippen LogP contribution is -2.11. The van der Waals surface area contributed by atoms with E-state index < -0.39 is 5.97 Å². The van der Waals surface area contributed by atoms with Gasteiger partial charge in [0, 0.05) is 9.65 Å². The predicted molar refractivity (Wildman–Crippen MR) is 111 cm³/mol. The number of carbonyl (C=O) groups is 1. The maximum Gasteiger partial charge on any atom is 0.373 e. The Bertz CT molecular complexity index is 528. The minimum Gasteiger partial charge on any atom is -0.460 e. The summed E-state index contributed by atoms with van der Waals surface area (Å²) in [5, 5.41) is 0. The van der Waals surface area contributed by atoms with Crippen LogP contribution in [0, 0.1) is 0 Å². The SMILES string of the molecule is C=C(Oc1ccc(CC(Br)CCCC(Br)CCC)cc1)C(=O)OCC. The van der Waals surface area contributed by atoms with Gasteiger partial charge in [-0.2, -0.15) is 0 Å². The van der Waals surface area contributed by atoms with Crippen LogP contribution < -0.4 is 4.74 Å². The van der Waals surface area contributed by atoms with E-state index in [2.05, 4.69) is 45.4 Å². The monoisotopic (exact) mass is 474 g/mol. The Balaban J connectivity index is 2.38. The number of carbonyl (C=O) groups excluding carboxylic acids is 1. The van der Waals surface area contributed by atoms with Crippen LogP contribution in [0.15, 0.2) is 36.6 Å². The summed E-state index contributed by atoms with van der Waals surface area (Å²) in [7, 11) is 0. The molecule has 0 saturated heterocycles. The molecule has 0 saturated carbocycles. The van der Waals surface area contributed by atoms with E-state index in [1.165, 1.54) is 31.2 Å². The third-order valence-corrected chi connectivity index (χ3v) is 5.46. The summed E-state index contributed by atoms with van der Waals surface area (Å²) >= 11 is 7.51. The Hall–Kier alpha value is -0.810. The molecule has 2 unspecified atom stereocenters. The second-order valence-electron chi connectivity index (χ2n) is 6.01. The zero-order valence-electron chi connectivity index (χ0n) is 15.1. The molecule has 0 aliphatic heterocycles. The van der Waals surface area contributed by atoms with Crippen molar-refractivity contribution in [1.29, 1.82) is 0 Å². The fraction of sp³-hybridized carbons (Fsp3) is 0.550. The number of ether oxygens (including phenoxy) is 2. The van der Waals surface area contributed by atoms with Crippen molar-refractivity contribution in [2.24, 2.45) is 0 Å². The molecule has 25 heavy (non-hydrogen) atoms. The van der Waals surface area contributed by atoms with Crippen molar-refractivity contribution in [3.63, 3.8) is 0 Å². The van der Waals surface area contributed by atoms with Crippen molar-refractivity contribution in [3.8, 4) is 5.75 Å². The molecule has 0 bridgehead atoms. The lowest BCUT2D eigenvalue weighted by molar-refractivity contribution is -0.140. The van der Waals surface area contributed by atoms with E-state index in [0.29, 0.717) is 22.0 Å². The highest BCUT2D eigenvalue weighted by Crippen LogP contribution is 2.22. The average Bonchev–Trinajstić information content (AvgIpc) is 2.57. The maximum absolute atomic E-state index is 11.5. The molecule has 1 aromatic rings. The lowest BCUT2D eigenvalue weighted by atomic mass is 10.0. The first-order valence-electron chi connectivity index (χ1n) is 8.87. The molecule has 140 valence electrons. The summed E-state index contributed by atoms with van der Waals surface area (Å²) in [6.07, 6.45) is 7.03. The first-order chi connectivity index (χ1) is 12.0. The minimum atomic E-state index is -0.528. The van der Waals surface area contributed by atoms with Crippen molar-refractivity contribution in [3.05, 3.63) is 42.2 Å². The Kier molecular flexibility index (Phi) is 11.1. The number of hydrogen-bond acceptors (Lipinski definition) is 3. The van der Waals surface area contributed by atoms with E-state index in [1.807, 2.05) is 24.3 Å². The summed E-state index contributed by atoms with van der Waals surface area (Å²) in [6.45, 7) is 7.87. The van der Waals surface area contributed by atoms with Gasteiger partial charge in [0.2, 0.25) is 5.76 Å². The van der Waals surface area contributed by atoms with Crippen LogP contribution in [0.4, 0.5) is 0 Å². The number of hydrogen-bond donors (Lipinski definition) is 0. The zero-order valence-corrected chi connectivity index (χ0v) is 18.3. The number of alkyl halides is 2. The van der Waals surface area contributed by atoms with E-state index >= 15 is 0 Å². The van der Waals surface area contributed by atoms with Crippen LogP contribution in [0.25, 0.3) is 0 Å². The molecule has 0 heterocycles. The molecule has 1 aromatic carbocycles. The van der Waals surface area contributed by atoms with Crippen LogP contribution in [-0.4, -0.2) is 22.2 Å². The van der Waals surface area contributed by atoms with Gasteiger partial charge in [0.25, 0.3) is 0 Å². The van der Waals surface area contributed by atoms with Gasteiger partial charge in [0.15, 0.2) is 0 Å². The van der Waals surface area contributed by atoms with Gasteiger partial charge >= 0.3 is 5.97 Å².